The highest BCUT2D eigenvalue weighted by molar-refractivity contribution is 5.70. The molecule has 3 unspecified atom stereocenters. The van der Waals surface area contributed by atoms with Gasteiger partial charge >= 0.3 is 5.97 Å². The fourth-order valence-electron chi connectivity index (χ4n) is 5.30. The number of hydrogen-bond acceptors (Lipinski definition) is 3. The fraction of sp³-hybridized carbons (Fsp3) is 0.767. The van der Waals surface area contributed by atoms with Crippen molar-refractivity contribution >= 4 is 5.97 Å². The summed E-state index contributed by atoms with van der Waals surface area (Å²) in [5, 5.41) is 0. The average Bonchev–Trinajstić information content (AvgIpc) is 2.71. The number of benzene rings is 1. The van der Waals surface area contributed by atoms with Gasteiger partial charge in [-0.25, -0.2) is 0 Å². The molecule has 1 heterocycles. The van der Waals surface area contributed by atoms with Crippen LogP contribution in [-0.4, -0.2) is 11.6 Å². The SMILES string of the molecule is CC(=O)Oc1cc(C)c2c(c1C)CCC(C)(CCCC(C)CCCC(C)CCCC(C)C)O2. The quantitative estimate of drug-likeness (QED) is 0.219. The molecule has 1 aliphatic heterocycles. The molecule has 0 bridgehead atoms. The second-order valence-corrected chi connectivity index (χ2v) is 11.6. The zero-order valence-corrected chi connectivity index (χ0v) is 22.8. The van der Waals surface area contributed by atoms with Crippen LogP contribution in [0.15, 0.2) is 6.07 Å². The van der Waals surface area contributed by atoms with E-state index in [4.69, 9.17) is 9.47 Å². The van der Waals surface area contributed by atoms with Gasteiger partial charge in [0, 0.05) is 12.5 Å². The van der Waals surface area contributed by atoms with E-state index in [-0.39, 0.29) is 11.6 Å². The van der Waals surface area contributed by atoms with Gasteiger partial charge in [0.2, 0.25) is 0 Å². The molecule has 0 saturated carbocycles. The zero-order valence-electron chi connectivity index (χ0n) is 22.8. The van der Waals surface area contributed by atoms with Gasteiger partial charge in [-0.1, -0.05) is 72.6 Å². The first-order valence-corrected chi connectivity index (χ1v) is 13.5. The Morgan fingerprint density at radius 3 is 2.15 bits per heavy atom. The van der Waals surface area contributed by atoms with Crippen LogP contribution in [0, 0.1) is 31.6 Å². The van der Waals surface area contributed by atoms with E-state index in [1.807, 2.05) is 13.0 Å². The van der Waals surface area contributed by atoms with Crippen molar-refractivity contribution in [3.05, 3.63) is 22.8 Å². The van der Waals surface area contributed by atoms with Gasteiger partial charge in [-0.2, -0.15) is 0 Å². The molecular formula is C30H50O3. The number of fused-ring (bicyclic) bond motifs is 1. The maximum absolute atomic E-state index is 11.4. The fourth-order valence-corrected chi connectivity index (χ4v) is 5.30. The molecule has 1 aromatic rings. The van der Waals surface area contributed by atoms with Gasteiger partial charge in [0.25, 0.3) is 0 Å². The highest BCUT2D eigenvalue weighted by atomic mass is 16.5. The van der Waals surface area contributed by atoms with Crippen molar-refractivity contribution in [2.75, 3.05) is 0 Å². The van der Waals surface area contributed by atoms with Crippen LogP contribution in [-0.2, 0) is 11.2 Å². The second kappa shape index (κ2) is 12.8. The van der Waals surface area contributed by atoms with Gasteiger partial charge in [-0.3, -0.25) is 4.79 Å². The first-order valence-electron chi connectivity index (χ1n) is 13.5. The Hall–Kier alpha value is -1.51. The third-order valence-electron chi connectivity index (χ3n) is 7.58. The van der Waals surface area contributed by atoms with Crippen LogP contribution in [0.3, 0.4) is 0 Å². The predicted octanol–water partition coefficient (Wildman–Crippen LogP) is 8.75. The number of esters is 1. The molecule has 0 radical (unpaired) electrons. The average molecular weight is 459 g/mol. The summed E-state index contributed by atoms with van der Waals surface area (Å²) in [7, 11) is 0. The molecule has 3 heteroatoms. The number of carbonyl (C=O) groups is 1. The third-order valence-corrected chi connectivity index (χ3v) is 7.58. The highest BCUT2D eigenvalue weighted by Gasteiger charge is 2.33. The highest BCUT2D eigenvalue weighted by Crippen LogP contribution is 2.43. The van der Waals surface area contributed by atoms with E-state index in [1.54, 1.807) is 0 Å². The van der Waals surface area contributed by atoms with Crippen molar-refractivity contribution in [2.45, 2.75) is 132 Å². The van der Waals surface area contributed by atoms with Crippen LogP contribution >= 0.6 is 0 Å². The maximum Gasteiger partial charge on any atom is 0.308 e. The van der Waals surface area contributed by atoms with Crippen LogP contribution in [0.1, 0.15) is 122 Å². The summed E-state index contributed by atoms with van der Waals surface area (Å²) < 4.78 is 12.0. The molecule has 0 aliphatic carbocycles. The van der Waals surface area contributed by atoms with Gasteiger partial charge in [-0.15, -0.1) is 0 Å². The molecule has 0 fully saturated rings. The molecule has 0 N–H and O–H groups in total. The summed E-state index contributed by atoms with van der Waals surface area (Å²) in [6.45, 7) is 17.3. The molecule has 33 heavy (non-hydrogen) atoms. The lowest BCUT2D eigenvalue weighted by atomic mass is 9.84. The van der Waals surface area contributed by atoms with Crippen molar-refractivity contribution in [1.82, 2.24) is 0 Å². The number of rotatable bonds is 13. The van der Waals surface area contributed by atoms with Crippen molar-refractivity contribution in [3.63, 3.8) is 0 Å². The minimum atomic E-state index is -0.270. The standard InChI is InChI=1S/C30H50O3/c1-21(2)12-9-13-22(3)14-10-15-23(4)16-11-18-30(8)19-17-27-25(6)28(32-26(7)31)20-24(5)29(27)33-30/h20-23H,9-19H2,1-8H3. The minimum absolute atomic E-state index is 0.0994. The van der Waals surface area contributed by atoms with Crippen molar-refractivity contribution in [2.24, 2.45) is 17.8 Å². The summed E-state index contributed by atoms with van der Waals surface area (Å²) in [5.41, 5.74) is 3.21. The van der Waals surface area contributed by atoms with Crippen LogP contribution in [0.4, 0.5) is 0 Å². The van der Waals surface area contributed by atoms with Crippen molar-refractivity contribution < 1.29 is 14.3 Å². The summed E-state index contributed by atoms with van der Waals surface area (Å²) in [5.74, 6) is 3.92. The molecular weight excluding hydrogens is 408 g/mol. The first kappa shape index (κ1) is 27.7. The lowest BCUT2D eigenvalue weighted by Gasteiger charge is -2.38. The molecule has 0 saturated heterocycles. The lowest BCUT2D eigenvalue weighted by molar-refractivity contribution is -0.131. The zero-order chi connectivity index (χ0) is 24.6. The van der Waals surface area contributed by atoms with Gasteiger partial charge in [0.05, 0.1) is 0 Å². The van der Waals surface area contributed by atoms with E-state index in [1.165, 1.54) is 63.9 Å². The lowest BCUT2D eigenvalue weighted by Crippen LogP contribution is -2.37. The summed E-state index contributed by atoms with van der Waals surface area (Å²) in [6.07, 6.45) is 13.9. The van der Waals surface area contributed by atoms with Crippen LogP contribution in [0.2, 0.25) is 0 Å². The van der Waals surface area contributed by atoms with Gasteiger partial charge < -0.3 is 9.47 Å². The molecule has 3 nitrogen and oxygen atoms in total. The van der Waals surface area contributed by atoms with Crippen molar-refractivity contribution in [1.29, 1.82) is 0 Å². The normalized spacial score (nSPS) is 19.7. The molecule has 0 spiro atoms. The Morgan fingerprint density at radius 2 is 1.58 bits per heavy atom. The van der Waals surface area contributed by atoms with Crippen molar-refractivity contribution in [3.8, 4) is 11.5 Å². The molecule has 2 rings (SSSR count). The molecule has 1 aliphatic rings. The number of aryl methyl sites for hydroxylation is 1. The maximum atomic E-state index is 11.4. The molecule has 0 aromatic heterocycles. The molecule has 1 aromatic carbocycles. The Kier molecular flexibility index (Phi) is 10.8. The van der Waals surface area contributed by atoms with Crippen LogP contribution < -0.4 is 9.47 Å². The van der Waals surface area contributed by atoms with E-state index in [0.29, 0.717) is 5.75 Å². The van der Waals surface area contributed by atoms with Crippen LogP contribution in [0.5, 0.6) is 11.5 Å². The van der Waals surface area contributed by atoms with E-state index in [0.717, 1.165) is 53.9 Å². The largest absolute Gasteiger partial charge is 0.487 e. The van der Waals surface area contributed by atoms with E-state index < -0.39 is 0 Å². The number of ether oxygens (including phenoxy) is 2. The monoisotopic (exact) mass is 458 g/mol. The third kappa shape index (κ3) is 8.98. The summed E-state index contributed by atoms with van der Waals surface area (Å²) in [6, 6.07) is 1.95. The van der Waals surface area contributed by atoms with E-state index in [2.05, 4.69) is 41.5 Å². The van der Waals surface area contributed by atoms with E-state index in [9.17, 15) is 4.79 Å². The van der Waals surface area contributed by atoms with E-state index >= 15 is 0 Å². The summed E-state index contributed by atoms with van der Waals surface area (Å²) >= 11 is 0. The Morgan fingerprint density at radius 1 is 1.00 bits per heavy atom. The second-order valence-electron chi connectivity index (χ2n) is 11.6. The molecule has 188 valence electrons. The smallest absolute Gasteiger partial charge is 0.308 e. The summed E-state index contributed by atoms with van der Waals surface area (Å²) in [4.78, 5) is 11.4. The number of hydrogen-bond donors (Lipinski definition) is 0. The topological polar surface area (TPSA) is 35.5 Å². The van der Waals surface area contributed by atoms with Gasteiger partial charge in [0.15, 0.2) is 0 Å². The Balaban J connectivity index is 1.77. The number of carbonyl (C=O) groups excluding carboxylic acids is 1. The van der Waals surface area contributed by atoms with Gasteiger partial charge in [0.1, 0.15) is 17.1 Å². The Labute approximate surface area is 204 Å². The Bertz CT molecular complexity index is 766. The molecule has 0 amide bonds. The first-order chi connectivity index (χ1) is 15.5. The van der Waals surface area contributed by atoms with Gasteiger partial charge in [-0.05, 0) is 81.4 Å². The molecule has 3 atom stereocenters. The predicted molar refractivity (Wildman–Crippen MR) is 139 cm³/mol. The minimum Gasteiger partial charge on any atom is -0.487 e. The van der Waals surface area contributed by atoms with Crippen LogP contribution in [0.25, 0.3) is 0 Å².